The Morgan fingerprint density at radius 1 is 1.40 bits per heavy atom. The number of nitrogens with zero attached hydrogens (tertiary/aromatic N) is 2. The fraction of sp³-hybridized carbons (Fsp3) is 0.286. The van der Waals surface area contributed by atoms with E-state index in [1.165, 1.54) is 6.20 Å². The van der Waals surface area contributed by atoms with Gasteiger partial charge in [-0.25, -0.2) is 4.79 Å². The molecule has 2 atom stereocenters. The van der Waals surface area contributed by atoms with E-state index in [9.17, 15) is 9.59 Å². The molecule has 0 unspecified atom stereocenters. The van der Waals surface area contributed by atoms with Crippen molar-refractivity contribution in [1.29, 1.82) is 0 Å². The van der Waals surface area contributed by atoms with Crippen LogP contribution in [0.25, 0.3) is 11.3 Å². The predicted molar refractivity (Wildman–Crippen MR) is 74.4 cm³/mol. The lowest BCUT2D eigenvalue weighted by Gasteiger charge is -2.01. The number of allylic oxidation sites excluding steroid dienone is 2. The van der Waals surface area contributed by atoms with Gasteiger partial charge in [0.1, 0.15) is 5.69 Å². The summed E-state index contributed by atoms with van der Waals surface area (Å²) in [6, 6.07) is 1.87. The van der Waals surface area contributed by atoms with Crippen LogP contribution in [0.4, 0.5) is 0 Å². The van der Waals surface area contributed by atoms with Gasteiger partial charge in [0.25, 0.3) is 5.56 Å². The highest BCUT2D eigenvalue weighted by Gasteiger charge is 2.36. The van der Waals surface area contributed by atoms with Crippen molar-refractivity contribution < 1.29 is 0 Å². The van der Waals surface area contributed by atoms with Crippen LogP contribution >= 0.6 is 0 Å². The lowest BCUT2D eigenvalue weighted by atomic mass is 10.1. The summed E-state index contributed by atoms with van der Waals surface area (Å²) in [5.41, 5.74) is 0.885. The van der Waals surface area contributed by atoms with E-state index in [4.69, 9.17) is 0 Å². The molecule has 6 heteroatoms. The van der Waals surface area contributed by atoms with Gasteiger partial charge in [-0.15, -0.1) is 0 Å². The molecule has 102 valence electrons. The molecule has 6 nitrogen and oxygen atoms in total. The molecule has 1 aliphatic carbocycles. The summed E-state index contributed by atoms with van der Waals surface area (Å²) < 4.78 is 0. The van der Waals surface area contributed by atoms with Gasteiger partial charge in [0.05, 0.1) is 11.8 Å². The molecule has 1 fully saturated rings. The zero-order valence-corrected chi connectivity index (χ0v) is 11.0. The Bertz CT molecular complexity index is 775. The van der Waals surface area contributed by atoms with Crippen molar-refractivity contribution in [3.63, 3.8) is 0 Å². The van der Waals surface area contributed by atoms with E-state index < -0.39 is 11.2 Å². The van der Waals surface area contributed by atoms with Crippen LogP contribution in [0.15, 0.2) is 40.2 Å². The van der Waals surface area contributed by atoms with Crippen LogP contribution in [0.5, 0.6) is 0 Å². The summed E-state index contributed by atoms with van der Waals surface area (Å²) in [4.78, 5) is 27.4. The predicted octanol–water partition coefficient (Wildman–Crippen LogP) is 1.20. The van der Waals surface area contributed by atoms with Gasteiger partial charge >= 0.3 is 5.69 Å². The highest BCUT2D eigenvalue weighted by atomic mass is 16.2. The van der Waals surface area contributed by atoms with Crippen LogP contribution in [0.1, 0.15) is 24.8 Å². The van der Waals surface area contributed by atoms with Gasteiger partial charge in [-0.1, -0.05) is 12.2 Å². The molecule has 0 spiro atoms. The third-order valence-corrected chi connectivity index (χ3v) is 3.48. The second-order valence-electron chi connectivity index (χ2n) is 4.89. The topological polar surface area (TPSA) is 91.5 Å². The zero-order chi connectivity index (χ0) is 14.1. The van der Waals surface area contributed by atoms with E-state index in [0.29, 0.717) is 23.1 Å². The Morgan fingerprint density at radius 2 is 2.25 bits per heavy atom. The minimum Gasteiger partial charge on any atom is -0.313 e. The van der Waals surface area contributed by atoms with E-state index in [1.807, 2.05) is 19.1 Å². The van der Waals surface area contributed by atoms with Gasteiger partial charge in [0.15, 0.2) is 0 Å². The first-order chi connectivity index (χ1) is 9.69. The first-order valence-corrected chi connectivity index (χ1v) is 6.47. The molecule has 0 bridgehead atoms. The molecule has 2 aromatic heterocycles. The van der Waals surface area contributed by atoms with E-state index >= 15 is 0 Å². The maximum absolute atomic E-state index is 11.7. The largest absolute Gasteiger partial charge is 0.325 e. The van der Waals surface area contributed by atoms with E-state index in [0.717, 1.165) is 12.0 Å². The summed E-state index contributed by atoms with van der Waals surface area (Å²) in [5.74, 6) is 0.994. The molecule has 0 aromatic carbocycles. The lowest BCUT2D eigenvalue weighted by molar-refractivity contribution is 0.944. The molecular weight excluding hydrogens is 256 g/mol. The number of hydrogen-bond donors (Lipinski definition) is 2. The quantitative estimate of drug-likeness (QED) is 0.820. The van der Waals surface area contributed by atoms with Gasteiger partial charge in [0.2, 0.25) is 0 Å². The summed E-state index contributed by atoms with van der Waals surface area (Å²) in [6.45, 7) is 2.01. The van der Waals surface area contributed by atoms with E-state index in [-0.39, 0.29) is 0 Å². The number of aromatic nitrogens is 4. The first-order valence-electron chi connectivity index (χ1n) is 6.47. The molecule has 0 amide bonds. The SMILES string of the molecule is C/C=C/[C@H]1C[C@@H]1c1cnnc(-c2c[nH]c(=O)[nH]c2=O)c1. The van der Waals surface area contributed by atoms with Crippen LogP contribution in [0.2, 0.25) is 0 Å². The fourth-order valence-corrected chi connectivity index (χ4v) is 2.37. The van der Waals surface area contributed by atoms with Gasteiger partial charge in [-0.2, -0.15) is 10.2 Å². The molecular formula is C14H14N4O2. The molecule has 1 saturated carbocycles. The smallest absolute Gasteiger partial charge is 0.313 e. The van der Waals surface area contributed by atoms with Crippen LogP contribution in [-0.2, 0) is 0 Å². The highest BCUT2D eigenvalue weighted by molar-refractivity contribution is 5.57. The van der Waals surface area contributed by atoms with Gasteiger partial charge in [0, 0.05) is 6.20 Å². The van der Waals surface area contributed by atoms with Crippen molar-refractivity contribution in [2.45, 2.75) is 19.3 Å². The molecule has 2 N–H and O–H groups in total. The molecule has 3 rings (SSSR count). The van der Waals surface area contributed by atoms with Crippen LogP contribution in [-0.4, -0.2) is 20.2 Å². The van der Waals surface area contributed by atoms with Crippen LogP contribution in [0, 0.1) is 5.92 Å². The Balaban J connectivity index is 1.96. The summed E-state index contributed by atoms with van der Waals surface area (Å²) in [6.07, 6.45) is 8.42. The molecule has 1 aliphatic rings. The average molecular weight is 270 g/mol. The normalized spacial score (nSPS) is 21.2. The maximum Gasteiger partial charge on any atom is 0.325 e. The molecule has 2 aromatic rings. The van der Waals surface area contributed by atoms with Gasteiger partial charge in [-0.3, -0.25) is 9.78 Å². The third kappa shape index (κ3) is 2.32. The summed E-state index contributed by atoms with van der Waals surface area (Å²) in [7, 11) is 0. The zero-order valence-electron chi connectivity index (χ0n) is 11.0. The maximum atomic E-state index is 11.7. The van der Waals surface area contributed by atoms with Crippen molar-refractivity contribution >= 4 is 0 Å². The van der Waals surface area contributed by atoms with Gasteiger partial charge in [-0.05, 0) is 36.8 Å². The van der Waals surface area contributed by atoms with Gasteiger partial charge < -0.3 is 4.98 Å². The second-order valence-corrected chi connectivity index (χ2v) is 4.89. The fourth-order valence-electron chi connectivity index (χ4n) is 2.37. The van der Waals surface area contributed by atoms with Crippen molar-refractivity contribution in [2.24, 2.45) is 5.92 Å². The van der Waals surface area contributed by atoms with E-state index in [1.54, 1.807) is 6.20 Å². The number of nitrogens with one attached hydrogen (secondary N) is 2. The number of aromatic amines is 2. The summed E-state index contributed by atoms with van der Waals surface area (Å²) in [5, 5.41) is 7.93. The van der Waals surface area contributed by atoms with Crippen molar-refractivity contribution in [1.82, 2.24) is 20.2 Å². The second kappa shape index (κ2) is 4.88. The standard InChI is InChI=1S/C14H14N4O2/c1-2-3-8-4-10(8)9-5-12(18-16-6-9)11-7-15-14(20)17-13(11)19/h2-3,5-8,10H,4H2,1H3,(H2,15,17,19,20)/b3-2+/t8-,10-/m0/s1. The highest BCUT2D eigenvalue weighted by Crippen LogP contribution is 2.48. The number of rotatable bonds is 3. The Hall–Kier alpha value is -2.50. The monoisotopic (exact) mass is 270 g/mol. The van der Waals surface area contributed by atoms with Crippen molar-refractivity contribution in [3.05, 3.63) is 57.0 Å². The molecule has 20 heavy (non-hydrogen) atoms. The molecule has 0 aliphatic heterocycles. The van der Waals surface area contributed by atoms with Crippen molar-refractivity contribution in [3.8, 4) is 11.3 Å². The Labute approximate surface area is 114 Å². The Kier molecular flexibility index (Phi) is 3.06. The number of H-pyrrole nitrogens is 2. The van der Waals surface area contributed by atoms with Crippen LogP contribution < -0.4 is 11.2 Å². The van der Waals surface area contributed by atoms with Crippen LogP contribution in [0.3, 0.4) is 0 Å². The number of hydrogen-bond acceptors (Lipinski definition) is 4. The third-order valence-electron chi connectivity index (χ3n) is 3.48. The summed E-state index contributed by atoms with van der Waals surface area (Å²) >= 11 is 0. The van der Waals surface area contributed by atoms with E-state index in [2.05, 4.69) is 26.2 Å². The van der Waals surface area contributed by atoms with Crippen molar-refractivity contribution in [2.75, 3.05) is 0 Å². The minimum absolute atomic E-state index is 0.321. The molecule has 0 saturated heterocycles. The molecule has 2 heterocycles. The lowest BCUT2D eigenvalue weighted by Crippen LogP contribution is -2.22. The minimum atomic E-state index is -0.529. The average Bonchev–Trinajstić information content (AvgIpc) is 3.19. The first kappa shape index (κ1) is 12.5. The molecule has 0 radical (unpaired) electrons. The Morgan fingerprint density at radius 3 is 3.00 bits per heavy atom.